The second-order valence-electron chi connectivity index (χ2n) is 12.1. The predicted octanol–water partition coefficient (Wildman–Crippen LogP) is 12.0. The van der Waals surface area contributed by atoms with E-state index in [0.29, 0.717) is 0 Å². The van der Waals surface area contributed by atoms with Crippen LogP contribution in [0.15, 0.2) is 133 Å². The van der Waals surface area contributed by atoms with Crippen molar-refractivity contribution in [2.45, 2.75) is 19.3 Å². The molecule has 0 saturated heterocycles. The number of hydrogen-bond donors (Lipinski definition) is 0. The summed E-state index contributed by atoms with van der Waals surface area (Å²) in [5.41, 5.74) is 10.6. The van der Waals surface area contributed by atoms with Crippen LogP contribution in [0, 0.1) is 0 Å². The quantitative estimate of drug-likeness (QED) is 0.187. The van der Waals surface area contributed by atoms with Crippen LogP contribution in [-0.2, 0) is 5.41 Å². The van der Waals surface area contributed by atoms with Crippen molar-refractivity contribution >= 4 is 53.1 Å². The highest BCUT2D eigenvalue weighted by Crippen LogP contribution is 2.50. The van der Waals surface area contributed by atoms with Gasteiger partial charge in [0.05, 0.1) is 0 Å². The molecule has 0 atom stereocenters. The molecule has 1 aliphatic rings. The molecule has 198 valence electrons. The predicted molar refractivity (Wildman–Crippen MR) is 183 cm³/mol. The van der Waals surface area contributed by atoms with Crippen LogP contribution in [0.4, 0.5) is 0 Å². The third kappa shape index (κ3) is 3.29. The Kier molecular flexibility index (Phi) is 4.93. The zero-order chi connectivity index (χ0) is 28.0. The van der Waals surface area contributed by atoms with Gasteiger partial charge in [0.1, 0.15) is 0 Å². The first kappa shape index (κ1) is 23.9. The van der Waals surface area contributed by atoms with Crippen molar-refractivity contribution in [1.29, 1.82) is 0 Å². The van der Waals surface area contributed by atoms with E-state index in [1.807, 2.05) is 11.3 Å². The maximum atomic E-state index is 2.41. The zero-order valence-electron chi connectivity index (χ0n) is 23.6. The first-order valence-corrected chi connectivity index (χ1v) is 15.5. The van der Waals surface area contributed by atoms with Crippen LogP contribution in [0.3, 0.4) is 0 Å². The van der Waals surface area contributed by atoms with E-state index in [1.165, 1.54) is 86.2 Å². The van der Waals surface area contributed by atoms with E-state index in [1.54, 1.807) is 0 Å². The van der Waals surface area contributed by atoms with E-state index < -0.39 is 0 Å². The minimum Gasteiger partial charge on any atom is -0.135 e. The van der Waals surface area contributed by atoms with Crippen LogP contribution in [0.2, 0.25) is 0 Å². The molecule has 0 saturated carbocycles. The van der Waals surface area contributed by atoms with E-state index in [9.17, 15) is 0 Å². The molecule has 7 aromatic carbocycles. The molecule has 0 amide bonds. The summed E-state index contributed by atoms with van der Waals surface area (Å²) in [5, 5.41) is 8.08. The van der Waals surface area contributed by atoms with Gasteiger partial charge in [-0.2, -0.15) is 0 Å². The molecular weight excluding hydrogens is 525 g/mol. The fourth-order valence-corrected chi connectivity index (χ4v) is 8.56. The molecule has 1 aliphatic carbocycles. The first-order chi connectivity index (χ1) is 20.6. The Hall–Kier alpha value is -4.72. The number of fused-ring (bicyclic) bond motifs is 11. The molecule has 1 heterocycles. The number of benzene rings is 7. The summed E-state index contributed by atoms with van der Waals surface area (Å²) in [6.07, 6.45) is 0. The second-order valence-corrected chi connectivity index (χ2v) is 13.2. The van der Waals surface area contributed by atoms with Crippen LogP contribution in [0.5, 0.6) is 0 Å². The Morgan fingerprint density at radius 1 is 0.429 bits per heavy atom. The van der Waals surface area contributed by atoms with Gasteiger partial charge in [0.15, 0.2) is 0 Å². The summed E-state index contributed by atoms with van der Waals surface area (Å²) in [7, 11) is 0. The molecule has 0 bridgehead atoms. The topological polar surface area (TPSA) is 0 Å². The van der Waals surface area contributed by atoms with Crippen molar-refractivity contribution in [3.63, 3.8) is 0 Å². The van der Waals surface area contributed by atoms with Crippen LogP contribution >= 0.6 is 11.3 Å². The van der Waals surface area contributed by atoms with E-state index in [-0.39, 0.29) is 5.41 Å². The Morgan fingerprint density at radius 3 is 1.74 bits per heavy atom. The van der Waals surface area contributed by atoms with E-state index >= 15 is 0 Å². The van der Waals surface area contributed by atoms with Crippen molar-refractivity contribution < 1.29 is 0 Å². The van der Waals surface area contributed by atoms with Crippen molar-refractivity contribution in [1.82, 2.24) is 0 Å². The minimum atomic E-state index is 0.0100. The highest BCUT2D eigenvalue weighted by molar-refractivity contribution is 7.27. The lowest BCUT2D eigenvalue weighted by atomic mass is 9.81. The first-order valence-electron chi connectivity index (χ1n) is 14.7. The fourth-order valence-electron chi connectivity index (χ4n) is 7.33. The molecule has 0 N–H and O–H groups in total. The third-order valence-electron chi connectivity index (χ3n) is 9.48. The molecule has 1 heteroatoms. The largest absolute Gasteiger partial charge is 0.135 e. The molecule has 9 rings (SSSR count). The standard InChI is InChI=1S/C41H28S/c1-41(2)36-14-8-7-11-31(36)32-21-19-28(24-37(32)41)26-17-15-25(16-18-26)27-20-22-38-35(23-27)39-33-12-5-3-9-29(33)30-10-4-6-13-34(30)40(39)42-38/h3-24H,1-2H3. The Balaban J connectivity index is 1.15. The fraction of sp³-hybridized carbons (Fsp3) is 0.0732. The van der Waals surface area contributed by atoms with Gasteiger partial charge >= 0.3 is 0 Å². The summed E-state index contributed by atoms with van der Waals surface area (Å²) in [4.78, 5) is 0. The molecule has 42 heavy (non-hydrogen) atoms. The monoisotopic (exact) mass is 552 g/mol. The number of rotatable bonds is 2. The molecular formula is C41H28S. The number of hydrogen-bond acceptors (Lipinski definition) is 1. The van der Waals surface area contributed by atoms with Crippen LogP contribution in [0.25, 0.3) is 75.1 Å². The molecule has 0 nitrogen and oxygen atoms in total. The van der Waals surface area contributed by atoms with Crippen molar-refractivity contribution in [3.05, 3.63) is 145 Å². The third-order valence-corrected chi connectivity index (χ3v) is 10.7. The minimum absolute atomic E-state index is 0.0100. The van der Waals surface area contributed by atoms with Crippen molar-refractivity contribution in [3.8, 4) is 33.4 Å². The average Bonchev–Trinajstić information content (AvgIpc) is 3.54. The van der Waals surface area contributed by atoms with Gasteiger partial charge in [-0.05, 0) is 78.9 Å². The maximum absolute atomic E-state index is 2.41. The van der Waals surface area contributed by atoms with Crippen LogP contribution < -0.4 is 0 Å². The van der Waals surface area contributed by atoms with Gasteiger partial charge in [0.25, 0.3) is 0 Å². The SMILES string of the molecule is CC1(C)c2ccccc2-c2ccc(-c3ccc(-c4ccc5sc6c7ccccc7c7ccccc7c6c5c4)cc3)cc21. The maximum Gasteiger partial charge on any atom is 0.0440 e. The molecule has 0 radical (unpaired) electrons. The van der Waals surface area contributed by atoms with Gasteiger partial charge in [-0.1, -0.05) is 129 Å². The summed E-state index contributed by atoms with van der Waals surface area (Å²) in [6.45, 7) is 4.70. The Morgan fingerprint density at radius 2 is 0.976 bits per heavy atom. The Bertz CT molecular complexity index is 2370. The molecule has 0 unspecified atom stereocenters. The van der Waals surface area contributed by atoms with Crippen molar-refractivity contribution in [2.24, 2.45) is 0 Å². The number of thiophene rings is 1. The van der Waals surface area contributed by atoms with E-state index in [0.717, 1.165) is 0 Å². The molecule has 1 aromatic heterocycles. The van der Waals surface area contributed by atoms with Crippen molar-refractivity contribution in [2.75, 3.05) is 0 Å². The summed E-state index contributed by atoms with van der Waals surface area (Å²) in [5.74, 6) is 0. The van der Waals surface area contributed by atoms with E-state index in [4.69, 9.17) is 0 Å². The van der Waals surface area contributed by atoms with Crippen LogP contribution in [-0.4, -0.2) is 0 Å². The normalized spacial score (nSPS) is 13.7. The van der Waals surface area contributed by atoms with Gasteiger partial charge in [-0.15, -0.1) is 11.3 Å². The zero-order valence-corrected chi connectivity index (χ0v) is 24.4. The van der Waals surface area contributed by atoms with E-state index in [2.05, 4.69) is 147 Å². The molecule has 8 aromatic rings. The molecule has 0 spiro atoms. The van der Waals surface area contributed by atoms with Gasteiger partial charge in [-0.25, -0.2) is 0 Å². The Labute approximate surface area is 249 Å². The lowest BCUT2D eigenvalue weighted by Gasteiger charge is -2.22. The lowest BCUT2D eigenvalue weighted by Crippen LogP contribution is -2.14. The highest BCUT2D eigenvalue weighted by atomic mass is 32.1. The highest BCUT2D eigenvalue weighted by Gasteiger charge is 2.35. The summed E-state index contributed by atoms with van der Waals surface area (Å²) < 4.78 is 2.72. The van der Waals surface area contributed by atoms with Gasteiger partial charge in [-0.3, -0.25) is 0 Å². The van der Waals surface area contributed by atoms with Gasteiger partial charge in [0.2, 0.25) is 0 Å². The smallest absolute Gasteiger partial charge is 0.0440 e. The molecule has 0 fully saturated rings. The lowest BCUT2D eigenvalue weighted by molar-refractivity contribution is 0.660. The second kappa shape index (κ2) is 8.64. The van der Waals surface area contributed by atoms with Gasteiger partial charge < -0.3 is 0 Å². The van der Waals surface area contributed by atoms with Crippen LogP contribution in [0.1, 0.15) is 25.0 Å². The van der Waals surface area contributed by atoms with Gasteiger partial charge in [0, 0.05) is 31.0 Å². The summed E-state index contributed by atoms with van der Waals surface area (Å²) >= 11 is 1.91. The average molecular weight is 553 g/mol. The molecule has 0 aliphatic heterocycles. The summed E-state index contributed by atoms with van der Waals surface area (Å²) in [6, 6.07) is 49.7.